The first kappa shape index (κ1) is 15.2. The van der Waals surface area contributed by atoms with Crippen molar-refractivity contribution in [3.8, 4) is 0 Å². The first-order chi connectivity index (χ1) is 10.7. The van der Waals surface area contributed by atoms with Crippen molar-refractivity contribution in [2.24, 2.45) is 0 Å². The second kappa shape index (κ2) is 7.03. The van der Waals surface area contributed by atoms with Crippen LogP contribution in [0.5, 0.6) is 0 Å². The molecule has 5 heteroatoms. The SMILES string of the molecule is C[C@@H]1CNCCN1C(=O)Cc1csc(Cc2ccccc2)n1. The van der Waals surface area contributed by atoms with Crippen molar-refractivity contribution >= 4 is 17.2 Å². The fourth-order valence-electron chi connectivity index (χ4n) is 2.75. The molecule has 2 heterocycles. The molecule has 22 heavy (non-hydrogen) atoms. The number of piperazine rings is 1. The van der Waals surface area contributed by atoms with Crippen LogP contribution in [-0.4, -0.2) is 41.5 Å². The van der Waals surface area contributed by atoms with Crippen molar-refractivity contribution in [3.05, 3.63) is 52.0 Å². The molecule has 1 saturated heterocycles. The summed E-state index contributed by atoms with van der Waals surface area (Å²) in [6, 6.07) is 10.6. The number of benzene rings is 1. The van der Waals surface area contributed by atoms with Gasteiger partial charge in [-0.1, -0.05) is 30.3 Å². The average molecular weight is 315 g/mol. The molecule has 0 saturated carbocycles. The molecule has 2 aromatic rings. The lowest BCUT2D eigenvalue weighted by Crippen LogP contribution is -2.52. The van der Waals surface area contributed by atoms with E-state index in [0.717, 1.165) is 36.8 Å². The zero-order chi connectivity index (χ0) is 15.4. The van der Waals surface area contributed by atoms with Gasteiger partial charge in [-0.3, -0.25) is 4.79 Å². The monoisotopic (exact) mass is 315 g/mol. The van der Waals surface area contributed by atoms with Crippen molar-refractivity contribution in [2.75, 3.05) is 19.6 Å². The van der Waals surface area contributed by atoms with Gasteiger partial charge in [0, 0.05) is 37.5 Å². The smallest absolute Gasteiger partial charge is 0.228 e. The molecule has 3 rings (SSSR count). The minimum atomic E-state index is 0.186. The number of nitrogens with one attached hydrogen (secondary N) is 1. The minimum absolute atomic E-state index is 0.186. The third-order valence-electron chi connectivity index (χ3n) is 3.95. The summed E-state index contributed by atoms with van der Waals surface area (Å²) < 4.78 is 0. The molecule has 1 aliphatic rings. The van der Waals surface area contributed by atoms with Crippen LogP contribution < -0.4 is 5.32 Å². The molecule has 0 spiro atoms. The van der Waals surface area contributed by atoms with Crippen LogP contribution in [0.2, 0.25) is 0 Å². The minimum Gasteiger partial charge on any atom is -0.337 e. The van der Waals surface area contributed by atoms with E-state index >= 15 is 0 Å². The molecular weight excluding hydrogens is 294 g/mol. The predicted molar refractivity (Wildman–Crippen MR) is 89.1 cm³/mol. The van der Waals surface area contributed by atoms with E-state index in [4.69, 9.17) is 0 Å². The van der Waals surface area contributed by atoms with Crippen LogP contribution in [0.25, 0.3) is 0 Å². The van der Waals surface area contributed by atoms with Gasteiger partial charge in [-0.15, -0.1) is 11.3 Å². The third-order valence-corrected chi connectivity index (χ3v) is 4.85. The van der Waals surface area contributed by atoms with Gasteiger partial charge in [0.1, 0.15) is 0 Å². The van der Waals surface area contributed by atoms with Gasteiger partial charge < -0.3 is 10.2 Å². The first-order valence-corrected chi connectivity index (χ1v) is 8.58. The Morgan fingerprint density at radius 2 is 2.23 bits per heavy atom. The highest BCUT2D eigenvalue weighted by atomic mass is 32.1. The Kier molecular flexibility index (Phi) is 4.85. The molecular formula is C17H21N3OS. The molecule has 1 atom stereocenters. The Hall–Kier alpha value is -1.72. The van der Waals surface area contributed by atoms with Crippen molar-refractivity contribution in [1.82, 2.24) is 15.2 Å². The lowest BCUT2D eigenvalue weighted by Gasteiger charge is -2.33. The summed E-state index contributed by atoms with van der Waals surface area (Å²) in [6.07, 6.45) is 1.25. The van der Waals surface area contributed by atoms with Gasteiger partial charge in [-0.25, -0.2) is 4.98 Å². The molecule has 1 fully saturated rings. The van der Waals surface area contributed by atoms with E-state index in [1.165, 1.54) is 5.56 Å². The highest BCUT2D eigenvalue weighted by molar-refractivity contribution is 7.09. The number of carbonyl (C=O) groups excluding carboxylic acids is 1. The van der Waals surface area contributed by atoms with E-state index in [9.17, 15) is 4.79 Å². The second-order valence-corrected chi connectivity index (χ2v) is 6.65. The summed E-state index contributed by atoms with van der Waals surface area (Å²) in [7, 11) is 0. The maximum absolute atomic E-state index is 12.4. The van der Waals surface area contributed by atoms with Gasteiger partial charge in [0.25, 0.3) is 0 Å². The lowest BCUT2D eigenvalue weighted by atomic mass is 10.1. The van der Waals surface area contributed by atoms with Crippen LogP contribution in [0.3, 0.4) is 0 Å². The number of nitrogens with zero attached hydrogens (tertiary/aromatic N) is 2. The van der Waals surface area contributed by atoms with Gasteiger partial charge in [0.2, 0.25) is 5.91 Å². The highest BCUT2D eigenvalue weighted by Crippen LogP contribution is 2.16. The van der Waals surface area contributed by atoms with Gasteiger partial charge in [-0.05, 0) is 12.5 Å². The average Bonchev–Trinajstić information content (AvgIpc) is 2.95. The second-order valence-electron chi connectivity index (χ2n) is 5.71. The number of thiazole rings is 1. The maximum Gasteiger partial charge on any atom is 0.228 e. The Bertz CT molecular complexity index is 626. The summed E-state index contributed by atoms with van der Waals surface area (Å²) in [5.74, 6) is 0.186. The van der Waals surface area contributed by atoms with Crippen LogP contribution in [0.1, 0.15) is 23.2 Å². The fraction of sp³-hybridized carbons (Fsp3) is 0.412. The molecule has 0 radical (unpaired) electrons. The van der Waals surface area contributed by atoms with E-state index in [0.29, 0.717) is 6.42 Å². The zero-order valence-corrected chi connectivity index (χ0v) is 13.6. The Labute approximate surface area is 135 Å². The normalized spacial score (nSPS) is 18.4. The summed E-state index contributed by atoms with van der Waals surface area (Å²) >= 11 is 1.64. The van der Waals surface area contributed by atoms with E-state index in [2.05, 4.69) is 29.4 Å². The standard InChI is InChI=1S/C17H21N3OS/c1-13-11-18-7-8-20(13)17(21)10-15-12-22-16(19-15)9-14-5-3-2-4-6-14/h2-6,12-13,18H,7-11H2,1H3/t13-/m1/s1. The first-order valence-electron chi connectivity index (χ1n) is 7.70. The summed E-state index contributed by atoms with van der Waals surface area (Å²) in [6.45, 7) is 4.64. The molecule has 0 aliphatic carbocycles. The van der Waals surface area contributed by atoms with Gasteiger partial charge in [-0.2, -0.15) is 0 Å². The van der Waals surface area contributed by atoms with Crippen molar-refractivity contribution in [2.45, 2.75) is 25.8 Å². The van der Waals surface area contributed by atoms with Crippen LogP contribution in [0, 0.1) is 0 Å². The number of carbonyl (C=O) groups is 1. The Morgan fingerprint density at radius 1 is 1.41 bits per heavy atom. The number of rotatable bonds is 4. The Balaban J connectivity index is 1.60. The molecule has 1 amide bonds. The van der Waals surface area contributed by atoms with E-state index in [1.54, 1.807) is 11.3 Å². The molecule has 0 unspecified atom stereocenters. The number of hydrogen-bond acceptors (Lipinski definition) is 4. The zero-order valence-electron chi connectivity index (χ0n) is 12.8. The van der Waals surface area contributed by atoms with Crippen LogP contribution >= 0.6 is 11.3 Å². The summed E-state index contributed by atoms with van der Waals surface area (Å²) in [4.78, 5) is 19.0. The molecule has 1 aromatic heterocycles. The third kappa shape index (κ3) is 3.72. The van der Waals surface area contributed by atoms with E-state index in [1.807, 2.05) is 28.5 Å². The molecule has 116 valence electrons. The van der Waals surface area contributed by atoms with E-state index in [-0.39, 0.29) is 11.9 Å². The van der Waals surface area contributed by atoms with Gasteiger partial charge in [0.05, 0.1) is 17.1 Å². The predicted octanol–water partition coefficient (Wildman–Crippen LogP) is 2.10. The van der Waals surface area contributed by atoms with Gasteiger partial charge >= 0.3 is 0 Å². The highest BCUT2D eigenvalue weighted by Gasteiger charge is 2.23. The quantitative estimate of drug-likeness (QED) is 0.940. The molecule has 4 nitrogen and oxygen atoms in total. The summed E-state index contributed by atoms with van der Waals surface area (Å²) in [5.41, 5.74) is 2.15. The van der Waals surface area contributed by atoms with Gasteiger partial charge in [0.15, 0.2) is 0 Å². The van der Waals surface area contributed by atoms with Crippen LogP contribution in [0.15, 0.2) is 35.7 Å². The summed E-state index contributed by atoms with van der Waals surface area (Å²) in [5, 5.41) is 6.40. The van der Waals surface area contributed by atoms with Crippen molar-refractivity contribution < 1.29 is 4.79 Å². The topological polar surface area (TPSA) is 45.2 Å². The van der Waals surface area contributed by atoms with Crippen molar-refractivity contribution in [1.29, 1.82) is 0 Å². The van der Waals surface area contributed by atoms with Crippen molar-refractivity contribution in [3.63, 3.8) is 0 Å². The number of hydrogen-bond donors (Lipinski definition) is 1. The molecule has 0 bridgehead atoms. The lowest BCUT2D eigenvalue weighted by molar-refractivity contribution is -0.133. The van der Waals surface area contributed by atoms with Crippen LogP contribution in [0.4, 0.5) is 0 Å². The Morgan fingerprint density at radius 3 is 3.00 bits per heavy atom. The van der Waals surface area contributed by atoms with E-state index < -0.39 is 0 Å². The maximum atomic E-state index is 12.4. The number of amides is 1. The van der Waals surface area contributed by atoms with Crippen LogP contribution in [-0.2, 0) is 17.6 Å². The molecule has 1 N–H and O–H groups in total. The fourth-order valence-corrected chi connectivity index (χ4v) is 3.58. The molecule has 1 aliphatic heterocycles. The number of aromatic nitrogens is 1. The molecule has 1 aromatic carbocycles. The largest absolute Gasteiger partial charge is 0.337 e.